The number of methoxy groups -OCH3 is 1. The number of aromatic nitrogens is 4. The van der Waals surface area contributed by atoms with E-state index in [1.807, 2.05) is 37.3 Å². The molecule has 2 amide bonds. The number of rotatable bonds is 8. The van der Waals surface area contributed by atoms with Crippen molar-refractivity contribution in [2.24, 2.45) is 0 Å². The normalized spacial score (nSPS) is 12.6. The van der Waals surface area contributed by atoms with Gasteiger partial charge in [-0.2, -0.15) is 9.50 Å². The van der Waals surface area contributed by atoms with Gasteiger partial charge in [0.15, 0.2) is 0 Å². The zero-order chi connectivity index (χ0) is 21.7. The van der Waals surface area contributed by atoms with Crippen LogP contribution in [0.3, 0.4) is 0 Å². The van der Waals surface area contributed by atoms with Crippen LogP contribution in [-0.4, -0.2) is 49.5 Å². The third kappa shape index (κ3) is 5.66. The summed E-state index contributed by atoms with van der Waals surface area (Å²) in [5, 5.41) is 19.7. The predicted octanol–water partition coefficient (Wildman–Crippen LogP) is 3.25. The van der Waals surface area contributed by atoms with Crippen molar-refractivity contribution in [2.75, 3.05) is 12.4 Å². The number of nitrogens with one attached hydrogen (secondary N) is 2. The maximum Gasteiger partial charge on any atom is 0.321 e. The Bertz CT molecular complexity index is 994. The van der Waals surface area contributed by atoms with Crippen LogP contribution in [0.15, 0.2) is 36.5 Å². The highest BCUT2D eigenvalue weighted by Crippen LogP contribution is 2.22. The molecule has 3 aromatic rings. The summed E-state index contributed by atoms with van der Waals surface area (Å²) in [5.41, 5.74) is 1.02. The van der Waals surface area contributed by atoms with E-state index in [9.17, 15) is 9.90 Å². The quantitative estimate of drug-likeness (QED) is 0.523. The van der Waals surface area contributed by atoms with Crippen LogP contribution in [0.1, 0.15) is 40.0 Å². The highest BCUT2D eigenvalue weighted by Gasteiger charge is 2.15. The minimum absolute atomic E-state index is 0.0441. The number of hydrogen-bond acceptors (Lipinski definition) is 6. The molecule has 0 saturated heterocycles. The Hall–Kier alpha value is -3.20. The Labute approximate surface area is 175 Å². The van der Waals surface area contributed by atoms with E-state index < -0.39 is 5.60 Å². The highest BCUT2D eigenvalue weighted by molar-refractivity contribution is 5.87. The van der Waals surface area contributed by atoms with E-state index in [-0.39, 0.29) is 18.0 Å². The molecule has 1 aromatic carbocycles. The Balaban J connectivity index is 1.66. The van der Waals surface area contributed by atoms with Crippen LogP contribution in [0.4, 0.5) is 10.7 Å². The van der Waals surface area contributed by atoms with Gasteiger partial charge in [-0.1, -0.05) is 0 Å². The van der Waals surface area contributed by atoms with Crippen molar-refractivity contribution in [1.29, 1.82) is 0 Å². The summed E-state index contributed by atoms with van der Waals surface area (Å²) in [7, 11) is 1.62. The first-order chi connectivity index (χ1) is 14.2. The van der Waals surface area contributed by atoms with Gasteiger partial charge in [0.25, 0.3) is 11.7 Å². The van der Waals surface area contributed by atoms with Crippen molar-refractivity contribution in [2.45, 2.75) is 51.7 Å². The number of aliphatic hydroxyl groups is 1. The fourth-order valence-corrected chi connectivity index (χ4v) is 3.10. The van der Waals surface area contributed by atoms with E-state index in [1.54, 1.807) is 31.7 Å². The monoisotopic (exact) mass is 412 g/mol. The van der Waals surface area contributed by atoms with Crippen molar-refractivity contribution < 1.29 is 14.6 Å². The zero-order valence-electron chi connectivity index (χ0n) is 17.7. The molecule has 30 heavy (non-hydrogen) atoms. The molecule has 2 aromatic heterocycles. The van der Waals surface area contributed by atoms with Crippen molar-refractivity contribution in [1.82, 2.24) is 24.9 Å². The summed E-state index contributed by atoms with van der Waals surface area (Å²) in [6.45, 7) is 5.48. The van der Waals surface area contributed by atoms with E-state index in [4.69, 9.17) is 4.74 Å². The number of ether oxygens (including phenoxy) is 1. The van der Waals surface area contributed by atoms with Gasteiger partial charge < -0.3 is 15.2 Å². The molecule has 160 valence electrons. The number of fused-ring (bicyclic) bond motifs is 1. The highest BCUT2D eigenvalue weighted by atomic mass is 16.5. The Morgan fingerprint density at radius 2 is 2.00 bits per heavy atom. The molecule has 1 atom stereocenters. The summed E-state index contributed by atoms with van der Waals surface area (Å²) >= 11 is 0. The van der Waals surface area contributed by atoms with Gasteiger partial charge in [-0.15, -0.1) is 5.10 Å². The van der Waals surface area contributed by atoms with Crippen molar-refractivity contribution in [3.8, 4) is 17.0 Å². The lowest BCUT2D eigenvalue weighted by molar-refractivity contribution is 0.0676. The number of urea groups is 1. The number of benzene rings is 1. The number of nitrogens with zero attached hydrogens (tertiary/aromatic N) is 4. The van der Waals surface area contributed by atoms with Gasteiger partial charge in [0.05, 0.1) is 18.4 Å². The van der Waals surface area contributed by atoms with Gasteiger partial charge >= 0.3 is 6.03 Å². The lowest BCUT2D eigenvalue weighted by Gasteiger charge is -2.19. The summed E-state index contributed by atoms with van der Waals surface area (Å²) in [6.07, 6.45) is 3.90. The van der Waals surface area contributed by atoms with Crippen LogP contribution < -0.4 is 15.4 Å². The van der Waals surface area contributed by atoms with Crippen LogP contribution in [0.2, 0.25) is 0 Å². The Morgan fingerprint density at radius 3 is 2.67 bits per heavy atom. The van der Waals surface area contributed by atoms with E-state index in [0.717, 1.165) is 29.8 Å². The summed E-state index contributed by atoms with van der Waals surface area (Å²) < 4.78 is 6.79. The molecule has 0 unspecified atom stereocenters. The SMILES string of the molecule is COc1ccc(-c2ccnc3nc(NC(=O)N[C@@H](C)CCCC(C)(C)O)nn23)cc1. The molecule has 9 nitrogen and oxygen atoms in total. The van der Waals surface area contributed by atoms with Gasteiger partial charge in [0, 0.05) is 17.8 Å². The lowest BCUT2D eigenvalue weighted by atomic mass is 10.00. The largest absolute Gasteiger partial charge is 0.497 e. The van der Waals surface area contributed by atoms with Crippen LogP contribution in [-0.2, 0) is 0 Å². The predicted molar refractivity (Wildman–Crippen MR) is 115 cm³/mol. The van der Waals surface area contributed by atoms with Gasteiger partial charge in [0.1, 0.15) is 5.75 Å². The molecular formula is C21H28N6O3. The third-order valence-corrected chi connectivity index (χ3v) is 4.65. The second-order valence-electron chi connectivity index (χ2n) is 7.91. The molecule has 3 rings (SSSR count). The molecule has 0 aliphatic rings. The number of anilines is 1. The topological polar surface area (TPSA) is 114 Å². The summed E-state index contributed by atoms with van der Waals surface area (Å²) in [4.78, 5) is 20.8. The first-order valence-corrected chi connectivity index (χ1v) is 9.91. The molecule has 0 saturated carbocycles. The fraction of sp³-hybridized carbons (Fsp3) is 0.429. The standard InChI is InChI=1S/C21H28N6O3/c1-14(6-5-12-21(2,3)29)23-20(28)25-18-24-19-22-13-11-17(27(19)26-18)15-7-9-16(30-4)10-8-15/h7-11,13-14,29H,5-6,12H2,1-4H3,(H2,23,25,26,28)/t14-/m0/s1. The number of hydrogen-bond donors (Lipinski definition) is 3. The van der Waals surface area contributed by atoms with Gasteiger partial charge in [-0.3, -0.25) is 5.32 Å². The van der Waals surface area contributed by atoms with E-state index in [1.165, 1.54) is 0 Å². The second-order valence-corrected chi connectivity index (χ2v) is 7.91. The number of carbonyl (C=O) groups excluding carboxylic acids is 1. The first-order valence-electron chi connectivity index (χ1n) is 9.91. The molecule has 0 aliphatic heterocycles. The molecule has 0 fully saturated rings. The Kier molecular flexibility index (Phi) is 6.51. The minimum Gasteiger partial charge on any atom is -0.497 e. The summed E-state index contributed by atoms with van der Waals surface area (Å²) in [5.74, 6) is 1.32. The van der Waals surface area contributed by atoms with E-state index in [2.05, 4.69) is 25.7 Å². The molecule has 0 spiro atoms. The Morgan fingerprint density at radius 1 is 1.27 bits per heavy atom. The first kappa shape index (κ1) is 21.5. The van der Waals surface area contributed by atoms with Crippen LogP contribution >= 0.6 is 0 Å². The van der Waals surface area contributed by atoms with Gasteiger partial charge in [0.2, 0.25) is 0 Å². The van der Waals surface area contributed by atoms with Crippen LogP contribution in [0.5, 0.6) is 5.75 Å². The molecule has 2 heterocycles. The second kappa shape index (κ2) is 9.08. The fourth-order valence-electron chi connectivity index (χ4n) is 3.10. The summed E-state index contributed by atoms with van der Waals surface area (Å²) in [6, 6.07) is 8.98. The molecule has 0 radical (unpaired) electrons. The molecular weight excluding hydrogens is 384 g/mol. The van der Waals surface area contributed by atoms with Crippen molar-refractivity contribution in [3.63, 3.8) is 0 Å². The molecule has 0 aliphatic carbocycles. The van der Waals surface area contributed by atoms with Gasteiger partial charge in [-0.05, 0) is 70.4 Å². The van der Waals surface area contributed by atoms with Crippen molar-refractivity contribution in [3.05, 3.63) is 36.5 Å². The average molecular weight is 412 g/mol. The zero-order valence-corrected chi connectivity index (χ0v) is 17.7. The maximum atomic E-state index is 12.3. The molecule has 9 heteroatoms. The maximum absolute atomic E-state index is 12.3. The third-order valence-electron chi connectivity index (χ3n) is 4.65. The van der Waals surface area contributed by atoms with E-state index >= 15 is 0 Å². The van der Waals surface area contributed by atoms with Crippen LogP contribution in [0, 0.1) is 0 Å². The van der Waals surface area contributed by atoms with E-state index in [0.29, 0.717) is 12.2 Å². The molecule has 3 N–H and O–H groups in total. The van der Waals surface area contributed by atoms with Crippen molar-refractivity contribution >= 4 is 17.8 Å². The average Bonchev–Trinajstić information content (AvgIpc) is 3.09. The smallest absolute Gasteiger partial charge is 0.321 e. The lowest BCUT2D eigenvalue weighted by Crippen LogP contribution is -2.36. The molecule has 0 bridgehead atoms. The van der Waals surface area contributed by atoms with Crippen LogP contribution in [0.25, 0.3) is 17.0 Å². The number of carbonyl (C=O) groups is 1. The van der Waals surface area contributed by atoms with Gasteiger partial charge in [-0.25, -0.2) is 9.78 Å². The minimum atomic E-state index is -0.697. The number of amides is 2.